The van der Waals surface area contributed by atoms with E-state index in [4.69, 9.17) is 21.1 Å². The highest BCUT2D eigenvalue weighted by atomic mass is 35.5. The van der Waals surface area contributed by atoms with Gasteiger partial charge in [0, 0.05) is 17.5 Å². The number of para-hydroxylation sites is 2. The van der Waals surface area contributed by atoms with Crippen molar-refractivity contribution in [2.75, 3.05) is 19.5 Å². The van der Waals surface area contributed by atoms with E-state index in [-0.39, 0.29) is 5.56 Å². The van der Waals surface area contributed by atoms with Crippen molar-refractivity contribution in [3.63, 3.8) is 0 Å². The fourth-order valence-electron chi connectivity index (χ4n) is 3.20. The molecule has 0 aliphatic heterocycles. The maximum atomic E-state index is 12.7. The molecule has 0 saturated carbocycles. The van der Waals surface area contributed by atoms with E-state index in [2.05, 4.69) is 20.0 Å². The molecule has 0 unspecified atom stereocenters. The largest absolute Gasteiger partial charge is 0.496 e. The lowest BCUT2D eigenvalue weighted by Crippen LogP contribution is -2.24. The number of urea groups is 1. The van der Waals surface area contributed by atoms with Crippen LogP contribution in [0.1, 0.15) is 10.4 Å². The molecular formula is C23H19ClN4O4S. The number of rotatable bonds is 5. The molecule has 33 heavy (non-hydrogen) atoms. The van der Waals surface area contributed by atoms with Gasteiger partial charge in [-0.25, -0.2) is 9.78 Å². The number of hydrogen-bond acceptors (Lipinski definition) is 6. The first kappa shape index (κ1) is 22.5. The third-order valence-electron chi connectivity index (χ3n) is 4.75. The number of nitrogens with one attached hydrogen (secondary N) is 3. The van der Waals surface area contributed by atoms with Crippen molar-refractivity contribution < 1.29 is 19.1 Å². The van der Waals surface area contributed by atoms with Crippen LogP contribution in [0.4, 0.5) is 10.5 Å². The zero-order valence-corrected chi connectivity index (χ0v) is 19.2. The first-order valence-electron chi connectivity index (χ1n) is 9.74. The van der Waals surface area contributed by atoms with Crippen molar-refractivity contribution >= 4 is 51.4 Å². The Balaban J connectivity index is 1.47. The number of methoxy groups -OCH3 is 2. The molecule has 0 spiro atoms. The van der Waals surface area contributed by atoms with Crippen LogP contribution in [0.25, 0.3) is 22.4 Å². The molecule has 0 atom stereocenters. The topological polar surface area (TPSA) is 105 Å². The molecule has 0 bridgehead atoms. The van der Waals surface area contributed by atoms with E-state index in [1.54, 1.807) is 36.4 Å². The number of anilines is 1. The lowest BCUT2D eigenvalue weighted by atomic mass is 10.2. The molecule has 1 heterocycles. The summed E-state index contributed by atoms with van der Waals surface area (Å²) in [5.41, 5.74) is 3.06. The van der Waals surface area contributed by atoms with Gasteiger partial charge in [-0.05, 0) is 42.5 Å². The van der Waals surface area contributed by atoms with Gasteiger partial charge in [0.2, 0.25) is 5.12 Å². The predicted octanol–water partition coefficient (Wildman–Crippen LogP) is 5.51. The number of fused-ring (bicyclic) bond motifs is 1. The second-order valence-corrected chi connectivity index (χ2v) is 7.97. The SMILES string of the molecule is COc1cccc(OC)c1C(=O)SNC(=O)Nc1cc(-c2nc3ccccc3[nH]2)ccc1Cl. The van der Waals surface area contributed by atoms with Gasteiger partial charge in [0.1, 0.15) is 22.9 Å². The van der Waals surface area contributed by atoms with Crippen molar-refractivity contribution in [2.24, 2.45) is 0 Å². The fraction of sp³-hybridized carbons (Fsp3) is 0.0870. The number of imidazole rings is 1. The zero-order chi connectivity index (χ0) is 23.4. The van der Waals surface area contributed by atoms with E-state index < -0.39 is 11.1 Å². The molecule has 2 amide bonds. The maximum Gasteiger partial charge on any atom is 0.329 e. The zero-order valence-electron chi connectivity index (χ0n) is 17.6. The Morgan fingerprint density at radius 1 is 1.00 bits per heavy atom. The number of aromatic amines is 1. The normalized spacial score (nSPS) is 10.6. The highest BCUT2D eigenvalue weighted by Crippen LogP contribution is 2.32. The first-order chi connectivity index (χ1) is 16.0. The van der Waals surface area contributed by atoms with E-state index in [1.165, 1.54) is 14.2 Å². The smallest absolute Gasteiger partial charge is 0.329 e. The van der Waals surface area contributed by atoms with Gasteiger partial charge in [-0.15, -0.1) is 0 Å². The van der Waals surface area contributed by atoms with E-state index in [9.17, 15) is 9.59 Å². The Kier molecular flexibility index (Phi) is 6.71. The number of aromatic nitrogens is 2. The standard InChI is InChI=1S/C23H19ClN4O4S/c1-31-18-8-5-9-19(32-2)20(18)22(29)33-28-23(30)27-17-12-13(10-11-14(17)24)21-25-15-6-3-4-7-16(15)26-21/h3-12H,1-2H3,(H,25,26)(H2,27,28,30). The summed E-state index contributed by atoms with van der Waals surface area (Å²) >= 11 is 6.87. The van der Waals surface area contributed by atoms with Crippen LogP contribution in [0.5, 0.6) is 11.5 Å². The summed E-state index contributed by atoms with van der Waals surface area (Å²) in [5, 5.41) is 2.56. The van der Waals surface area contributed by atoms with Gasteiger partial charge in [-0.3, -0.25) is 9.52 Å². The summed E-state index contributed by atoms with van der Waals surface area (Å²) in [6.07, 6.45) is 0. The molecule has 8 nitrogen and oxygen atoms in total. The minimum atomic E-state index is -0.620. The molecule has 0 aliphatic carbocycles. The molecule has 1 aromatic heterocycles. The Morgan fingerprint density at radius 2 is 1.73 bits per heavy atom. The van der Waals surface area contributed by atoms with Gasteiger partial charge in [-0.1, -0.05) is 29.8 Å². The van der Waals surface area contributed by atoms with Gasteiger partial charge in [0.05, 0.1) is 36.0 Å². The monoisotopic (exact) mass is 482 g/mol. The van der Waals surface area contributed by atoms with Crippen LogP contribution in [0, 0.1) is 0 Å². The second-order valence-electron chi connectivity index (χ2n) is 6.78. The van der Waals surface area contributed by atoms with E-state index in [0.717, 1.165) is 16.6 Å². The van der Waals surface area contributed by atoms with Crippen molar-refractivity contribution in [1.82, 2.24) is 14.7 Å². The molecule has 0 aliphatic rings. The number of carbonyl (C=O) groups is 2. The Labute approximate surface area is 198 Å². The number of benzene rings is 3. The van der Waals surface area contributed by atoms with Gasteiger partial charge < -0.3 is 19.8 Å². The molecule has 0 fully saturated rings. The van der Waals surface area contributed by atoms with Crippen LogP contribution in [0.15, 0.2) is 60.7 Å². The predicted molar refractivity (Wildman–Crippen MR) is 130 cm³/mol. The van der Waals surface area contributed by atoms with Crippen molar-refractivity contribution in [1.29, 1.82) is 0 Å². The van der Waals surface area contributed by atoms with E-state index in [1.807, 2.05) is 24.3 Å². The highest BCUT2D eigenvalue weighted by Gasteiger charge is 2.20. The maximum absolute atomic E-state index is 12.7. The molecule has 168 valence electrons. The van der Waals surface area contributed by atoms with Crippen LogP contribution in [-0.2, 0) is 0 Å². The number of H-pyrrole nitrogens is 1. The molecule has 4 aromatic rings. The fourth-order valence-corrected chi connectivity index (χ4v) is 3.91. The van der Waals surface area contributed by atoms with Gasteiger partial charge in [0.15, 0.2) is 0 Å². The summed E-state index contributed by atoms with van der Waals surface area (Å²) < 4.78 is 12.9. The van der Waals surface area contributed by atoms with Crippen molar-refractivity contribution in [3.8, 4) is 22.9 Å². The third-order valence-corrected chi connectivity index (χ3v) is 5.75. The van der Waals surface area contributed by atoms with E-state index >= 15 is 0 Å². The minimum absolute atomic E-state index is 0.220. The highest BCUT2D eigenvalue weighted by molar-refractivity contribution is 8.12. The molecule has 0 saturated heterocycles. The number of ether oxygens (including phenoxy) is 2. The molecule has 10 heteroatoms. The van der Waals surface area contributed by atoms with Gasteiger partial charge >= 0.3 is 6.03 Å². The number of carbonyl (C=O) groups excluding carboxylic acids is 2. The quantitative estimate of drug-likeness (QED) is 0.324. The molecule has 3 N–H and O–H groups in total. The molecular weight excluding hydrogens is 464 g/mol. The van der Waals surface area contributed by atoms with Crippen molar-refractivity contribution in [2.45, 2.75) is 0 Å². The van der Waals surface area contributed by atoms with Gasteiger partial charge in [-0.2, -0.15) is 0 Å². The number of amides is 2. The summed E-state index contributed by atoms with van der Waals surface area (Å²) in [6, 6.07) is 17.2. The summed E-state index contributed by atoms with van der Waals surface area (Å²) in [5.74, 6) is 1.33. The summed E-state index contributed by atoms with van der Waals surface area (Å²) in [4.78, 5) is 32.9. The molecule has 3 aromatic carbocycles. The van der Waals surface area contributed by atoms with E-state index in [0.29, 0.717) is 40.0 Å². The Morgan fingerprint density at radius 3 is 2.42 bits per heavy atom. The molecule has 0 radical (unpaired) electrons. The minimum Gasteiger partial charge on any atom is -0.496 e. The van der Waals surface area contributed by atoms with Gasteiger partial charge in [0.25, 0.3) is 0 Å². The molecule has 4 rings (SSSR count). The average Bonchev–Trinajstić information content (AvgIpc) is 3.27. The van der Waals surface area contributed by atoms with Crippen LogP contribution in [0.3, 0.4) is 0 Å². The number of nitrogens with zero attached hydrogens (tertiary/aromatic N) is 1. The summed E-state index contributed by atoms with van der Waals surface area (Å²) in [7, 11) is 2.90. The lowest BCUT2D eigenvalue weighted by molar-refractivity contribution is 0.108. The second kappa shape index (κ2) is 9.85. The van der Waals surface area contributed by atoms with Crippen LogP contribution in [0.2, 0.25) is 5.02 Å². The van der Waals surface area contributed by atoms with Crippen molar-refractivity contribution in [3.05, 3.63) is 71.2 Å². The first-order valence-corrected chi connectivity index (χ1v) is 10.9. The lowest BCUT2D eigenvalue weighted by Gasteiger charge is -2.12. The number of halogens is 1. The Bertz CT molecular complexity index is 1290. The van der Waals surface area contributed by atoms with Crippen LogP contribution < -0.4 is 19.5 Å². The Hall–Kier alpha value is -3.69. The summed E-state index contributed by atoms with van der Waals surface area (Å²) in [6.45, 7) is 0. The van der Waals surface area contributed by atoms with Crippen LogP contribution >= 0.6 is 23.5 Å². The number of hydrogen-bond donors (Lipinski definition) is 3. The average molecular weight is 483 g/mol. The third kappa shape index (κ3) is 4.89. The van der Waals surface area contributed by atoms with Crippen LogP contribution in [-0.4, -0.2) is 35.3 Å².